The minimum absolute atomic E-state index is 0.00127. The summed E-state index contributed by atoms with van der Waals surface area (Å²) in [6, 6.07) is 19.9. The first-order valence-electron chi connectivity index (χ1n) is 6.91. The second-order valence-electron chi connectivity index (χ2n) is 4.83. The minimum Gasteiger partial charge on any atom is -0.456 e. The molecule has 0 aliphatic carbocycles. The highest BCUT2D eigenvalue weighted by Gasteiger charge is 2.15. The lowest BCUT2D eigenvalue weighted by atomic mass is 10.1. The van der Waals surface area contributed by atoms with E-state index in [0.29, 0.717) is 17.1 Å². The van der Waals surface area contributed by atoms with Crippen molar-refractivity contribution in [2.75, 3.05) is 0 Å². The summed E-state index contributed by atoms with van der Waals surface area (Å²) in [5.41, 5.74) is 1.43. The standard InChI is InChI=1S/C18H12BrNO3/c19-16-9-5-4-8-15(16)18-11-10-14(23-18)12-17(20(21)22)13-6-2-1-3-7-13/h1-12H/b17-12-. The molecule has 0 saturated heterocycles. The highest BCUT2D eigenvalue weighted by molar-refractivity contribution is 9.10. The third-order valence-corrected chi connectivity index (χ3v) is 4.00. The average Bonchev–Trinajstić information content (AvgIpc) is 3.02. The highest BCUT2D eigenvalue weighted by atomic mass is 79.9. The van der Waals surface area contributed by atoms with E-state index in [-0.39, 0.29) is 5.70 Å². The van der Waals surface area contributed by atoms with Crippen LogP contribution < -0.4 is 0 Å². The molecule has 0 spiro atoms. The zero-order valence-corrected chi connectivity index (χ0v) is 13.6. The summed E-state index contributed by atoms with van der Waals surface area (Å²) in [5.74, 6) is 1.09. The van der Waals surface area contributed by atoms with E-state index in [0.717, 1.165) is 10.0 Å². The van der Waals surface area contributed by atoms with Gasteiger partial charge in [-0.1, -0.05) is 52.3 Å². The molecular weight excluding hydrogens is 358 g/mol. The van der Waals surface area contributed by atoms with Gasteiger partial charge in [0.25, 0.3) is 5.70 Å². The fourth-order valence-corrected chi connectivity index (χ4v) is 2.70. The Balaban J connectivity index is 1.99. The molecule has 0 atom stereocenters. The molecule has 0 saturated carbocycles. The van der Waals surface area contributed by atoms with Crippen LogP contribution in [0.15, 0.2) is 75.6 Å². The molecule has 0 unspecified atom stereocenters. The van der Waals surface area contributed by atoms with Crippen molar-refractivity contribution in [1.29, 1.82) is 0 Å². The van der Waals surface area contributed by atoms with Crippen molar-refractivity contribution in [3.8, 4) is 11.3 Å². The van der Waals surface area contributed by atoms with Crippen LogP contribution in [0.2, 0.25) is 0 Å². The maximum atomic E-state index is 11.3. The maximum Gasteiger partial charge on any atom is 0.280 e. The van der Waals surface area contributed by atoms with Gasteiger partial charge in [-0.3, -0.25) is 10.1 Å². The van der Waals surface area contributed by atoms with E-state index >= 15 is 0 Å². The van der Waals surface area contributed by atoms with E-state index in [1.54, 1.807) is 36.4 Å². The van der Waals surface area contributed by atoms with Crippen LogP contribution in [0.3, 0.4) is 0 Å². The van der Waals surface area contributed by atoms with Crippen molar-refractivity contribution in [1.82, 2.24) is 0 Å². The molecule has 5 heteroatoms. The van der Waals surface area contributed by atoms with Crippen LogP contribution in [-0.2, 0) is 0 Å². The van der Waals surface area contributed by atoms with Gasteiger partial charge in [-0.05, 0) is 30.3 Å². The zero-order chi connectivity index (χ0) is 16.2. The number of furan rings is 1. The molecule has 0 aliphatic rings. The van der Waals surface area contributed by atoms with Crippen molar-refractivity contribution in [3.05, 3.63) is 92.6 Å². The average molecular weight is 370 g/mol. The quantitative estimate of drug-likeness (QED) is 0.451. The normalized spacial score (nSPS) is 11.4. The molecule has 0 radical (unpaired) electrons. The second kappa shape index (κ2) is 6.62. The van der Waals surface area contributed by atoms with Gasteiger partial charge in [0.2, 0.25) is 0 Å². The van der Waals surface area contributed by atoms with Gasteiger partial charge in [-0.25, -0.2) is 0 Å². The monoisotopic (exact) mass is 369 g/mol. The smallest absolute Gasteiger partial charge is 0.280 e. The van der Waals surface area contributed by atoms with Crippen molar-refractivity contribution in [2.24, 2.45) is 0 Å². The van der Waals surface area contributed by atoms with E-state index < -0.39 is 4.92 Å². The third kappa shape index (κ3) is 3.40. The second-order valence-corrected chi connectivity index (χ2v) is 5.69. The number of benzene rings is 2. The van der Waals surface area contributed by atoms with Gasteiger partial charge in [0.05, 0.1) is 16.6 Å². The lowest BCUT2D eigenvalue weighted by Gasteiger charge is -2.00. The fourth-order valence-electron chi connectivity index (χ4n) is 2.22. The van der Waals surface area contributed by atoms with Crippen LogP contribution in [0.5, 0.6) is 0 Å². The molecule has 4 nitrogen and oxygen atoms in total. The van der Waals surface area contributed by atoms with Gasteiger partial charge < -0.3 is 4.42 Å². The lowest BCUT2D eigenvalue weighted by Crippen LogP contribution is -1.97. The molecule has 0 bridgehead atoms. The SMILES string of the molecule is O=[N+]([O-])/C(=C\c1ccc(-c2ccccc2Br)o1)c1ccccc1. The van der Waals surface area contributed by atoms with Crippen LogP contribution in [0.25, 0.3) is 23.1 Å². The van der Waals surface area contributed by atoms with Crippen molar-refractivity contribution in [3.63, 3.8) is 0 Å². The van der Waals surface area contributed by atoms with E-state index in [1.165, 1.54) is 6.08 Å². The van der Waals surface area contributed by atoms with Crippen LogP contribution in [0.4, 0.5) is 0 Å². The van der Waals surface area contributed by atoms with Crippen LogP contribution in [0, 0.1) is 10.1 Å². The van der Waals surface area contributed by atoms with Gasteiger partial charge >= 0.3 is 0 Å². The van der Waals surface area contributed by atoms with Crippen molar-refractivity contribution in [2.45, 2.75) is 0 Å². The fraction of sp³-hybridized carbons (Fsp3) is 0. The summed E-state index contributed by atoms with van der Waals surface area (Å²) < 4.78 is 6.65. The topological polar surface area (TPSA) is 56.3 Å². The Labute approximate surface area is 141 Å². The van der Waals surface area contributed by atoms with Crippen LogP contribution in [0.1, 0.15) is 11.3 Å². The molecule has 0 aliphatic heterocycles. The Hall–Kier alpha value is -2.66. The predicted octanol–water partition coefficient (Wildman–Crippen LogP) is 5.48. The first-order valence-corrected chi connectivity index (χ1v) is 7.71. The van der Waals surface area contributed by atoms with Gasteiger partial charge in [0.1, 0.15) is 11.5 Å². The van der Waals surface area contributed by atoms with Gasteiger partial charge in [-0.2, -0.15) is 0 Å². The summed E-state index contributed by atoms with van der Waals surface area (Å²) in [4.78, 5) is 10.9. The molecule has 2 aromatic carbocycles. The molecule has 1 heterocycles. The number of hydrogen-bond acceptors (Lipinski definition) is 3. The molecule has 0 amide bonds. The summed E-state index contributed by atoms with van der Waals surface area (Å²) in [6.45, 7) is 0. The summed E-state index contributed by atoms with van der Waals surface area (Å²) in [6.07, 6.45) is 1.44. The van der Waals surface area contributed by atoms with E-state index in [1.807, 2.05) is 30.3 Å². The number of halogens is 1. The summed E-state index contributed by atoms with van der Waals surface area (Å²) in [7, 11) is 0. The summed E-state index contributed by atoms with van der Waals surface area (Å²) >= 11 is 3.47. The maximum absolute atomic E-state index is 11.3. The lowest BCUT2D eigenvalue weighted by molar-refractivity contribution is -0.374. The number of rotatable bonds is 4. The van der Waals surface area contributed by atoms with Gasteiger partial charge in [0.15, 0.2) is 0 Å². The molecule has 0 N–H and O–H groups in total. The van der Waals surface area contributed by atoms with Crippen LogP contribution in [-0.4, -0.2) is 4.92 Å². The van der Waals surface area contributed by atoms with E-state index in [4.69, 9.17) is 4.42 Å². The molecule has 0 fully saturated rings. The Kier molecular flexibility index (Phi) is 4.39. The largest absolute Gasteiger partial charge is 0.456 e. The van der Waals surface area contributed by atoms with Gasteiger partial charge in [-0.15, -0.1) is 0 Å². The van der Waals surface area contributed by atoms with Crippen molar-refractivity contribution >= 4 is 27.7 Å². The van der Waals surface area contributed by atoms with E-state index in [2.05, 4.69) is 15.9 Å². The molecular formula is C18H12BrNO3. The summed E-state index contributed by atoms with van der Waals surface area (Å²) in [5, 5.41) is 11.3. The zero-order valence-electron chi connectivity index (χ0n) is 12.0. The minimum atomic E-state index is -0.407. The molecule has 114 valence electrons. The van der Waals surface area contributed by atoms with Crippen LogP contribution >= 0.6 is 15.9 Å². The highest BCUT2D eigenvalue weighted by Crippen LogP contribution is 2.30. The molecule has 3 rings (SSSR count). The molecule has 3 aromatic rings. The number of nitrogens with zero attached hydrogens (tertiary/aromatic N) is 1. The first kappa shape index (κ1) is 15.2. The third-order valence-electron chi connectivity index (χ3n) is 3.31. The Morgan fingerprint density at radius 3 is 2.39 bits per heavy atom. The number of nitro groups is 1. The number of hydrogen-bond donors (Lipinski definition) is 0. The van der Waals surface area contributed by atoms with E-state index in [9.17, 15) is 10.1 Å². The van der Waals surface area contributed by atoms with Crippen molar-refractivity contribution < 1.29 is 9.34 Å². The Bertz CT molecular complexity index is 869. The Morgan fingerprint density at radius 1 is 1.00 bits per heavy atom. The van der Waals surface area contributed by atoms with Gasteiger partial charge in [0, 0.05) is 10.0 Å². The Morgan fingerprint density at radius 2 is 1.70 bits per heavy atom. The first-order chi connectivity index (χ1) is 11.1. The molecule has 23 heavy (non-hydrogen) atoms. The molecule has 1 aromatic heterocycles. The predicted molar refractivity (Wildman–Crippen MR) is 93.2 cm³/mol.